The predicted molar refractivity (Wildman–Crippen MR) is 90.3 cm³/mol. The van der Waals surface area contributed by atoms with Crippen molar-refractivity contribution in [3.63, 3.8) is 0 Å². The molecule has 2 heterocycles. The van der Waals surface area contributed by atoms with E-state index in [1.54, 1.807) is 6.08 Å². The van der Waals surface area contributed by atoms with Crippen LogP contribution in [0.4, 0.5) is 0 Å². The highest BCUT2D eigenvalue weighted by molar-refractivity contribution is 5.85. The van der Waals surface area contributed by atoms with Crippen LogP contribution in [0.5, 0.6) is 0 Å². The maximum atomic E-state index is 11.3. The van der Waals surface area contributed by atoms with Crippen LogP contribution in [0.15, 0.2) is 11.6 Å². The lowest BCUT2D eigenvalue weighted by Crippen LogP contribution is -2.62. The van der Waals surface area contributed by atoms with E-state index in [2.05, 4.69) is 27.7 Å². The van der Waals surface area contributed by atoms with Crippen molar-refractivity contribution in [3.05, 3.63) is 11.6 Å². The van der Waals surface area contributed by atoms with E-state index in [-0.39, 0.29) is 28.5 Å². The van der Waals surface area contributed by atoms with Crippen molar-refractivity contribution in [1.29, 1.82) is 0 Å². The van der Waals surface area contributed by atoms with E-state index in [1.165, 1.54) is 0 Å². The highest BCUT2D eigenvalue weighted by Crippen LogP contribution is 2.70. The van der Waals surface area contributed by atoms with E-state index >= 15 is 0 Å². The first-order valence-corrected chi connectivity index (χ1v) is 9.44. The van der Waals surface area contributed by atoms with Gasteiger partial charge in [-0.1, -0.05) is 20.8 Å². The first kappa shape index (κ1) is 16.6. The lowest BCUT2D eigenvalue weighted by Gasteiger charge is -2.61. The summed E-state index contributed by atoms with van der Waals surface area (Å²) in [4.78, 5) is 11.3. The number of esters is 1. The van der Waals surface area contributed by atoms with Gasteiger partial charge < -0.3 is 14.6 Å². The molecule has 1 saturated heterocycles. The number of cyclic esters (lactones) is 1. The third-order valence-corrected chi connectivity index (χ3v) is 8.35. The number of aliphatic hydroxyl groups is 1. The molecule has 4 aliphatic rings. The van der Waals surface area contributed by atoms with E-state index in [0.717, 1.165) is 37.7 Å². The molecule has 7 atom stereocenters. The molecule has 0 amide bonds. The second-order valence-corrected chi connectivity index (χ2v) is 9.19. The van der Waals surface area contributed by atoms with Gasteiger partial charge in [0.05, 0.1) is 12.2 Å². The third kappa shape index (κ3) is 2.02. The molecule has 0 bridgehead atoms. The van der Waals surface area contributed by atoms with Crippen molar-refractivity contribution < 1.29 is 19.4 Å². The summed E-state index contributed by atoms with van der Waals surface area (Å²) < 4.78 is 11.1. The van der Waals surface area contributed by atoms with Gasteiger partial charge in [-0.2, -0.15) is 0 Å². The van der Waals surface area contributed by atoms with Gasteiger partial charge in [-0.05, 0) is 61.9 Å². The van der Waals surface area contributed by atoms with Crippen molar-refractivity contribution in [2.24, 2.45) is 22.7 Å². The van der Waals surface area contributed by atoms with Gasteiger partial charge in [0.15, 0.2) is 0 Å². The van der Waals surface area contributed by atoms with E-state index in [0.29, 0.717) is 24.5 Å². The molecular formula is C20H30O4. The monoisotopic (exact) mass is 334 g/mol. The fourth-order valence-electron chi connectivity index (χ4n) is 6.21. The van der Waals surface area contributed by atoms with Crippen LogP contribution in [0.1, 0.15) is 59.8 Å². The molecule has 2 saturated carbocycles. The van der Waals surface area contributed by atoms with Crippen LogP contribution in [0.25, 0.3) is 0 Å². The molecule has 0 aromatic carbocycles. The Morgan fingerprint density at radius 2 is 2.04 bits per heavy atom. The summed E-state index contributed by atoms with van der Waals surface area (Å²) in [5, 5.41) is 11.0. The van der Waals surface area contributed by atoms with Crippen LogP contribution in [-0.4, -0.2) is 35.5 Å². The number of epoxide rings is 1. The van der Waals surface area contributed by atoms with Crippen molar-refractivity contribution in [1.82, 2.24) is 0 Å². The predicted octanol–water partition coefficient (Wildman–Crippen LogP) is 3.23. The summed E-state index contributed by atoms with van der Waals surface area (Å²) in [7, 11) is 0. The molecule has 2 aliphatic heterocycles. The Bertz CT molecular complexity index is 598. The molecule has 4 heteroatoms. The van der Waals surface area contributed by atoms with Crippen LogP contribution in [0, 0.1) is 22.7 Å². The Hall–Kier alpha value is -0.870. The number of carbonyl (C=O) groups is 1. The Morgan fingerprint density at radius 1 is 1.29 bits per heavy atom. The van der Waals surface area contributed by atoms with Gasteiger partial charge >= 0.3 is 5.97 Å². The molecule has 4 rings (SSSR count). The highest BCUT2D eigenvalue weighted by Gasteiger charge is 2.74. The molecule has 0 aromatic rings. The molecule has 0 radical (unpaired) electrons. The molecule has 2 aliphatic carbocycles. The van der Waals surface area contributed by atoms with Gasteiger partial charge in [-0.3, -0.25) is 0 Å². The number of aliphatic hydroxyl groups excluding tert-OH is 1. The Balaban J connectivity index is 1.61. The summed E-state index contributed by atoms with van der Waals surface area (Å²) in [6, 6.07) is 0. The second kappa shape index (κ2) is 5.07. The quantitative estimate of drug-likeness (QED) is 0.636. The SMILES string of the molecule is C[C@@H]1C[C@@H](O)[C@]2(C)[C@@H](CC[C@@H]3O[C@@]32C)[C@]1(C)CCC1=CC(=O)OC1. The van der Waals surface area contributed by atoms with Gasteiger partial charge in [0.1, 0.15) is 12.2 Å². The summed E-state index contributed by atoms with van der Waals surface area (Å²) in [6.45, 7) is 9.60. The van der Waals surface area contributed by atoms with Crippen LogP contribution < -0.4 is 0 Å². The van der Waals surface area contributed by atoms with Gasteiger partial charge in [-0.25, -0.2) is 4.79 Å². The van der Waals surface area contributed by atoms with Crippen LogP contribution >= 0.6 is 0 Å². The lowest BCUT2D eigenvalue weighted by molar-refractivity contribution is -0.172. The molecule has 24 heavy (non-hydrogen) atoms. The van der Waals surface area contributed by atoms with Gasteiger partial charge in [0, 0.05) is 11.5 Å². The molecular weight excluding hydrogens is 304 g/mol. The normalized spacial score (nSPS) is 53.0. The topological polar surface area (TPSA) is 59.1 Å². The number of fused-ring (bicyclic) bond motifs is 3. The van der Waals surface area contributed by atoms with E-state index < -0.39 is 0 Å². The van der Waals surface area contributed by atoms with E-state index in [1.807, 2.05) is 0 Å². The Kier molecular flexibility index (Phi) is 3.51. The summed E-state index contributed by atoms with van der Waals surface area (Å²) >= 11 is 0. The third-order valence-electron chi connectivity index (χ3n) is 8.35. The van der Waals surface area contributed by atoms with E-state index in [4.69, 9.17) is 9.47 Å². The molecule has 3 fully saturated rings. The van der Waals surface area contributed by atoms with Crippen molar-refractivity contribution in [2.75, 3.05) is 6.61 Å². The molecule has 0 aromatic heterocycles. The largest absolute Gasteiger partial charge is 0.458 e. The summed E-state index contributed by atoms with van der Waals surface area (Å²) in [5.41, 5.74) is 0.930. The van der Waals surface area contributed by atoms with Crippen molar-refractivity contribution >= 4 is 5.97 Å². The first-order chi connectivity index (χ1) is 11.2. The first-order valence-electron chi connectivity index (χ1n) is 9.44. The molecule has 0 spiro atoms. The zero-order valence-corrected chi connectivity index (χ0v) is 15.3. The molecule has 1 N–H and O–H groups in total. The minimum Gasteiger partial charge on any atom is -0.458 e. The molecule has 4 nitrogen and oxygen atoms in total. The minimum atomic E-state index is -0.295. The van der Waals surface area contributed by atoms with Gasteiger partial charge in [-0.15, -0.1) is 0 Å². The standard InChI is InChI=1S/C20H30O4/c1-12-9-15(21)19(3)14(5-6-16-20(19,4)24-16)18(12,2)8-7-13-10-17(22)23-11-13/h10,12,14-16,21H,5-9,11H2,1-4H3/t12-,14+,15-,16+,18-,19+,20+/m1/s1. The zero-order chi connectivity index (χ0) is 17.3. The Morgan fingerprint density at radius 3 is 2.71 bits per heavy atom. The average Bonchev–Trinajstić information content (AvgIpc) is 3.04. The number of rotatable bonds is 3. The maximum absolute atomic E-state index is 11.3. The number of hydrogen-bond acceptors (Lipinski definition) is 4. The smallest absolute Gasteiger partial charge is 0.331 e. The zero-order valence-electron chi connectivity index (χ0n) is 15.3. The number of carbonyl (C=O) groups excluding carboxylic acids is 1. The van der Waals surface area contributed by atoms with Crippen molar-refractivity contribution in [2.45, 2.75) is 77.6 Å². The molecule has 0 unspecified atom stereocenters. The van der Waals surface area contributed by atoms with Crippen LogP contribution in [0.3, 0.4) is 0 Å². The minimum absolute atomic E-state index is 0.153. The number of hydrogen-bond donors (Lipinski definition) is 1. The second-order valence-electron chi connectivity index (χ2n) is 9.19. The summed E-state index contributed by atoms with van der Waals surface area (Å²) in [5.74, 6) is 0.709. The van der Waals surface area contributed by atoms with Gasteiger partial charge in [0.2, 0.25) is 0 Å². The highest BCUT2D eigenvalue weighted by atomic mass is 16.6. The maximum Gasteiger partial charge on any atom is 0.331 e. The van der Waals surface area contributed by atoms with E-state index in [9.17, 15) is 9.90 Å². The van der Waals surface area contributed by atoms with Crippen LogP contribution in [0.2, 0.25) is 0 Å². The Labute approximate surface area is 144 Å². The summed E-state index contributed by atoms with van der Waals surface area (Å²) in [6.07, 6.45) is 6.72. The number of ether oxygens (including phenoxy) is 2. The fraction of sp³-hybridized carbons (Fsp3) is 0.850. The van der Waals surface area contributed by atoms with Gasteiger partial charge in [0.25, 0.3) is 0 Å². The lowest BCUT2D eigenvalue weighted by atomic mass is 9.43. The van der Waals surface area contributed by atoms with Crippen molar-refractivity contribution in [3.8, 4) is 0 Å². The molecule has 134 valence electrons. The average molecular weight is 334 g/mol. The van der Waals surface area contributed by atoms with Crippen LogP contribution in [-0.2, 0) is 14.3 Å². The fourth-order valence-corrected chi connectivity index (χ4v) is 6.21.